The monoisotopic (exact) mass is 329 g/mol. The molecular formula is C17H16BrNO. The molecule has 0 saturated carbocycles. The number of fused-ring (bicyclic) bond motifs is 1. The van der Waals surface area contributed by atoms with E-state index in [1.165, 1.54) is 10.8 Å². The Morgan fingerprint density at radius 3 is 2.55 bits per heavy atom. The Hall–Kier alpha value is -1.58. The van der Waals surface area contributed by atoms with Crippen LogP contribution in [0.1, 0.15) is 30.0 Å². The maximum atomic E-state index is 6.30. The zero-order valence-corrected chi connectivity index (χ0v) is 12.9. The highest BCUT2D eigenvalue weighted by Crippen LogP contribution is 2.26. The molecule has 0 aliphatic heterocycles. The summed E-state index contributed by atoms with van der Waals surface area (Å²) in [5.74, 6) is 1.79. The molecule has 1 unspecified atom stereocenters. The van der Waals surface area contributed by atoms with Crippen LogP contribution in [0.15, 0.2) is 57.4 Å². The maximum Gasteiger partial charge on any atom is 0.125 e. The third-order valence-electron chi connectivity index (χ3n) is 3.52. The van der Waals surface area contributed by atoms with Crippen LogP contribution in [0.25, 0.3) is 10.8 Å². The fraction of sp³-hybridized carbons (Fsp3) is 0.176. The molecular weight excluding hydrogens is 314 g/mol. The zero-order valence-electron chi connectivity index (χ0n) is 11.3. The molecule has 1 atom stereocenters. The van der Waals surface area contributed by atoms with Crippen LogP contribution in [0.4, 0.5) is 0 Å². The van der Waals surface area contributed by atoms with Gasteiger partial charge in [0.15, 0.2) is 0 Å². The van der Waals surface area contributed by atoms with Crippen molar-refractivity contribution in [2.24, 2.45) is 5.73 Å². The molecule has 0 fully saturated rings. The van der Waals surface area contributed by atoms with Gasteiger partial charge < -0.3 is 10.2 Å². The first-order valence-corrected chi connectivity index (χ1v) is 7.50. The number of rotatable bonds is 3. The van der Waals surface area contributed by atoms with Crippen molar-refractivity contribution in [3.8, 4) is 0 Å². The highest BCUT2D eigenvalue weighted by Gasteiger charge is 2.13. The first kappa shape index (κ1) is 13.4. The summed E-state index contributed by atoms with van der Waals surface area (Å²) in [6.45, 7) is 2.07. The number of furan rings is 1. The van der Waals surface area contributed by atoms with Crippen LogP contribution in [-0.2, 0) is 6.42 Å². The van der Waals surface area contributed by atoms with Crippen molar-refractivity contribution in [2.75, 3.05) is 0 Å². The largest absolute Gasteiger partial charge is 0.464 e. The second-order valence-electron chi connectivity index (χ2n) is 4.89. The predicted octanol–water partition coefficient (Wildman–Crippen LogP) is 4.81. The Labute approximate surface area is 126 Å². The summed E-state index contributed by atoms with van der Waals surface area (Å²) in [6, 6.07) is 16.3. The summed E-state index contributed by atoms with van der Waals surface area (Å²) < 4.78 is 6.83. The summed E-state index contributed by atoms with van der Waals surface area (Å²) in [5.41, 5.74) is 7.37. The lowest BCUT2D eigenvalue weighted by atomic mass is 10.0. The van der Waals surface area contributed by atoms with Crippen LogP contribution in [0.3, 0.4) is 0 Å². The number of aryl methyl sites for hydroxylation is 1. The van der Waals surface area contributed by atoms with E-state index in [1.54, 1.807) is 0 Å². The Morgan fingerprint density at radius 2 is 1.80 bits per heavy atom. The van der Waals surface area contributed by atoms with Crippen molar-refractivity contribution in [1.82, 2.24) is 0 Å². The average Bonchev–Trinajstić information content (AvgIpc) is 2.95. The SMILES string of the molecule is CCc1ccc(C(N)c2ccc3cc(Br)ccc3c2)o1. The molecule has 0 saturated heterocycles. The molecule has 0 aliphatic rings. The lowest BCUT2D eigenvalue weighted by molar-refractivity contribution is 0.454. The first-order valence-electron chi connectivity index (χ1n) is 6.71. The number of halogens is 1. The van der Waals surface area contributed by atoms with E-state index in [1.807, 2.05) is 18.2 Å². The third-order valence-corrected chi connectivity index (χ3v) is 4.02. The quantitative estimate of drug-likeness (QED) is 0.749. The predicted molar refractivity (Wildman–Crippen MR) is 85.8 cm³/mol. The van der Waals surface area contributed by atoms with Gasteiger partial charge in [-0.15, -0.1) is 0 Å². The second kappa shape index (κ2) is 5.43. The van der Waals surface area contributed by atoms with E-state index >= 15 is 0 Å². The number of hydrogen-bond donors (Lipinski definition) is 1. The number of benzene rings is 2. The van der Waals surface area contributed by atoms with E-state index in [-0.39, 0.29) is 6.04 Å². The fourth-order valence-electron chi connectivity index (χ4n) is 2.34. The van der Waals surface area contributed by atoms with Crippen molar-refractivity contribution >= 4 is 26.7 Å². The van der Waals surface area contributed by atoms with E-state index < -0.39 is 0 Å². The molecule has 3 aromatic rings. The van der Waals surface area contributed by atoms with Crippen molar-refractivity contribution in [3.05, 3.63) is 70.1 Å². The van der Waals surface area contributed by atoms with Crippen molar-refractivity contribution in [2.45, 2.75) is 19.4 Å². The van der Waals surface area contributed by atoms with Crippen molar-refractivity contribution < 1.29 is 4.42 Å². The van der Waals surface area contributed by atoms with Crippen LogP contribution < -0.4 is 5.73 Å². The van der Waals surface area contributed by atoms with Crippen LogP contribution >= 0.6 is 15.9 Å². The molecule has 2 aromatic carbocycles. The molecule has 2 nitrogen and oxygen atoms in total. The van der Waals surface area contributed by atoms with Gasteiger partial charge in [0, 0.05) is 10.9 Å². The van der Waals surface area contributed by atoms with E-state index in [9.17, 15) is 0 Å². The minimum absolute atomic E-state index is 0.219. The Morgan fingerprint density at radius 1 is 1.05 bits per heavy atom. The molecule has 102 valence electrons. The molecule has 0 amide bonds. The molecule has 1 aromatic heterocycles. The molecule has 20 heavy (non-hydrogen) atoms. The standard InChI is InChI=1S/C17H16BrNO/c1-2-15-7-8-16(20-15)17(19)13-4-3-12-10-14(18)6-5-11(12)9-13/h3-10,17H,2,19H2,1H3. The summed E-state index contributed by atoms with van der Waals surface area (Å²) >= 11 is 3.49. The van der Waals surface area contributed by atoms with Gasteiger partial charge >= 0.3 is 0 Å². The van der Waals surface area contributed by atoms with Gasteiger partial charge in [-0.2, -0.15) is 0 Å². The fourth-order valence-corrected chi connectivity index (χ4v) is 2.72. The van der Waals surface area contributed by atoms with Gasteiger partial charge in [0.05, 0.1) is 6.04 Å². The number of hydrogen-bond acceptors (Lipinski definition) is 2. The minimum Gasteiger partial charge on any atom is -0.464 e. The van der Waals surface area contributed by atoms with Crippen molar-refractivity contribution in [3.63, 3.8) is 0 Å². The Kier molecular flexibility index (Phi) is 3.64. The van der Waals surface area contributed by atoms with Gasteiger partial charge in [-0.05, 0) is 46.7 Å². The topological polar surface area (TPSA) is 39.2 Å². The molecule has 0 spiro atoms. The van der Waals surface area contributed by atoms with Gasteiger partial charge in [-0.1, -0.05) is 41.1 Å². The van der Waals surface area contributed by atoms with E-state index in [2.05, 4.69) is 53.2 Å². The summed E-state index contributed by atoms with van der Waals surface area (Å²) in [6.07, 6.45) is 0.887. The van der Waals surface area contributed by atoms with Gasteiger partial charge in [0.1, 0.15) is 11.5 Å². The van der Waals surface area contributed by atoms with Gasteiger partial charge in [0.25, 0.3) is 0 Å². The first-order chi connectivity index (χ1) is 9.67. The van der Waals surface area contributed by atoms with E-state index in [4.69, 9.17) is 10.2 Å². The highest BCUT2D eigenvalue weighted by molar-refractivity contribution is 9.10. The van der Waals surface area contributed by atoms with Gasteiger partial charge in [-0.25, -0.2) is 0 Å². The normalized spacial score (nSPS) is 12.8. The summed E-state index contributed by atoms with van der Waals surface area (Å²) in [5, 5.41) is 2.38. The van der Waals surface area contributed by atoms with E-state index in [0.29, 0.717) is 0 Å². The average molecular weight is 330 g/mol. The lowest BCUT2D eigenvalue weighted by Gasteiger charge is -2.10. The molecule has 2 N–H and O–H groups in total. The number of nitrogens with two attached hydrogens (primary N) is 1. The van der Waals surface area contributed by atoms with Crippen LogP contribution in [0, 0.1) is 0 Å². The second-order valence-corrected chi connectivity index (χ2v) is 5.80. The maximum absolute atomic E-state index is 6.30. The molecule has 0 bridgehead atoms. The Bertz CT molecular complexity index is 748. The smallest absolute Gasteiger partial charge is 0.125 e. The summed E-state index contributed by atoms with van der Waals surface area (Å²) in [7, 11) is 0. The lowest BCUT2D eigenvalue weighted by Crippen LogP contribution is -2.10. The molecule has 3 rings (SSSR count). The molecule has 3 heteroatoms. The van der Waals surface area contributed by atoms with Gasteiger partial charge in [0.2, 0.25) is 0 Å². The summed E-state index contributed by atoms with van der Waals surface area (Å²) in [4.78, 5) is 0. The molecule has 0 radical (unpaired) electrons. The minimum atomic E-state index is -0.219. The zero-order chi connectivity index (χ0) is 14.1. The van der Waals surface area contributed by atoms with Crippen LogP contribution in [0.2, 0.25) is 0 Å². The Balaban J connectivity index is 1.98. The van der Waals surface area contributed by atoms with Gasteiger partial charge in [-0.3, -0.25) is 0 Å². The van der Waals surface area contributed by atoms with Crippen LogP contribution in [-0.4, -0.2) is 0 Å². The molecule has 1 heterocycles. The van der Waals surface area contributed by atoms with Crippen molar-refractivity contribution in [1.29, 1.82) is 0 Å². The molecule has 0 aliphatic carbocycles. The van der Waals surface area contributed by atoms with E-state index in [0.717, 1.165) is 28.0 Å². The van der Waals surface area contributed by atoms with Crippen LogP contribution in [0.5, 0.6) is 0 Å². The highest BCUT2D eigenvalue weighted by atomic mass is 79.9. The third kappa shape index (κ3) is 2.51.